The van der Waals surface area contributed by atoms with Gasteiger partial charge in [-0.05, 0) is 36.4 Å². The minimum absolute atomic E-state index is 0.0837. The molecule has 30 heavy (non-hydrogen) atoms. The molecule has 0 fully saturated rings. The van der Waals surface area contributed by atoms with Crippen LogP contribution in [-0.2, 0) is 19.5 Å². The van der Waals surface area contributed by atoms with Crippen LogP contribution in [0.2, 0.25) is 0 Å². The van der Waals surface area contributed by atoms with Gasteiger partial charge in [-0.15, -0.1) is 6.42 Å². The van der Waals surface area contributed by atoms with E-state index in [0.29, 0.717) is 11.4 Å². The van der Waals surface area contributed by atoms with Gasteiger partial charge in [-0.3, -0.25) is 10.1 Å². The highest BCUT2D eigenvalue weighted by Crippen LogP contribution is 2.18. The molecule has 0 spiro atoms. The summed E-state index contributed by atoms with van der Waals surface area (Å²) >= 11 is 0. The van der Waals surface area contributed by atoms with Crippen molar-refractivity contribution in [3.63, 3.8) is 0 Å². The molecule has 0 saturated carbocycles. The maximum atomic E-state index is 12.5. The molecule has 0 radical (unpaired) electrons. The normalized spacial score (nSPS) is 10.7. The van der Waals surface area contributed by atoms with Crippen LogP contribution in [0.5, 0.6) is 0 Å². The molecule has 0 atom stereocenters. The summed E-state index contributed by atoms with van der Waals surface area (Å²) in [5, 5.41) is 5.18. The fraction of sp³-hybridized carbons (Fsp3) is 0.200. The molecule has 10 heteroatoms. The van der Waals surface area contributed by atoms with E-state index in [9.17, 15) is 18.0 Å². The van der Waals surface area contributed by atoms with Crippen LogP contribution in [0.1, 0.15) is 10.4 Å². The zero-order valence-corrected chi connectivity index (χ0v) is 17.0. The molecular formula is C20H21N3O6S. The van der Waals surface area contributed by atoms with Gasteiger partial charge in [0.1, 0.15) is 6.61 Å². The maximum Gasteiger partial charge on any atom is 0.411 e. The van der Waals surface area contributed by atoms with Crippen molar-refractivity contribution in [3.05, 3.63) is 54.1 Å². The van der Waals surface area contributed by atoms with Crippen LogP contribution in [0.25, 0.3) is 0 Å². The minimum atomic E-state index is -3.82. The zero-order valence-electron chi connectivity index (χ0n) is 16.2. The lowest BCUT2D eigenvalue weighted by molar-refractivity contribution is 0.102. The van der Waals surface area contributed by atoms with Gasteiger partial charge < -0.3 is 14.8 Å². The third-order valence-corrected chi connectivity index (χ3v) is 5.06. The van der Waals surface area contributed by atoms with Crippen molar-refractivity contribution in [2.24, 2.45) is 0 Å². The Morgan fingerprint density at radius 3 is 2.43 bits per heavy atom. The zero-order chi connectivity index (χ0) is 22.0. The number of methoxy groups -OCH3 is 1. The molecule has 158 valence electrons. The Hall–Kier alpha value is -3.39. The monoisotopic (exact) mass is 431 g/mol. The van der Waals surface area contributed by atoms with E-state index in [4.69, 9.17) is 15.9 Å². The number of hydrogen-bond acceptors (Lipinski definition) is 6. The molecule has 0 aliphatic rings. The van der Waals surface area contributed by atoms with Crippen molar-refractivity contribution < 1.29 is 27.5 Å². The highest BCUT2D eigenvalue weighted by Gasteiger charge is 2.16. The van der Waals surface area contributed by atoms with E-state index in [0.717, 1.165) is 0 Å². The smallest absolute Gasteiger partial charge is 0.411 e. The number of amides is 2. The van der Waals surface area contributed by atoms with Crippen LogP contribution in [0, 0.1) is 12.3 Å². The van der Waals surface area contributed by atoms with Crippen molar-refractivity contribution in [1.82, 2.24) is 4.72 Å². The fourth-order valence-corrected chi connectivity index (χ4v) is 3.25. The Morgan fingerprint density at radius 2 is 1.73 bits per heavy atom. The van der Waals surface area contributed by atoms with E-state index in [1.807, 2.05) is 0 Å². The van der Waals surface area contributed by atoms with Crippen LogP contribution < -0.4 is 15.4 Å². The Balaban J connectivity index is 2.07. The minimum Gasteiger partial charge on any atom is -0.447 e. The number of carbonyl (C=O) groups is 2. The van der Waals surface area contributed by atoms with Gasteiger partial charge in [0, 0.05) is 24.0 Å². The average Bonchev–Trinajstić information content (AvgIpc) is 2.73. The Bertz CT molecular complexity index is 1050. The number of anilines is 2. The molecule has 9 nitrogen and oxygen atoms in total. The SMILES string of the molecule is C#CCNS(=O)(=O)c1cccc(C(=O)Nc2cccc(NC(=O)OCCOC)c2)c1. The molecule has 2 aromatic carbocycles. The Labute approximate surface area is 174 Å². The molecule has 0 heterocycles. The number of sulfonamides is 1. The summed E-state index contributed by atoms with van der Waals surface area (Å²) in [7, 11) is -2.33. The molecule has 0 bridgehead atoms. The van der Waals surface area contributed by atoms with E-state index in [1.165, 1.54) is 37.4 Å². The number of carbonyl (C=O) groups excluding carboxylic acids is 2. The Kier molecular flexibility index (Phi) is 8.37. The summed E-state index contributed by atoms with van der Waals surface area (Å²) in [5.74, 6) is 1.66. The molecule has 2 amide bonds. The van der Waals surface area contributed by atoms with E-state index < -0.39 is 22.0 Å². The molecule has 0 aliphatic carbocycles. The molecule has 2 aromatic rings. The maximum absolute atomic E-state index is 12.5. The van der Waals surface area contributed by atoms with Gasteiger partial charge in [0.15, 0.2) is 0 Å². The van der Waals surface area contributed by atoms with E-state index in [2.05, 4.69) is 21.3 Å². The van der Waals surface area contributed by atoms with Crippen molar-refractivity contribution in [1.29, 1.82) is 0 Å². The lowest BCUT2D eigenvalue weighted by atomic mass is 10.2. The quantitative estimate of drug-likeness (QED) is 0.413. The van der Waals surface area contributed by atoms with Crippen molar-refractivity contribution in [3.8, 4) is 12.3 Å². The summed E-state index contributed by atoms with van der Waals surface area (Å²) in [6.45, 7) is 0.219. The highest BCUT2D eigenvalue weighted by molar-refractivity contribution is 7.89. The highest BCUT2D eigenvalue weighted by atomic mass is 32.2. The molecular weight excluding hydrogens is 410 g/mol. The third-order valence-electron chi connectivity index (χ3n) is 3.66. The number of rotatable bonds is 9. The van der Waals surface area contributed by atoms with E-state index >= 15 is 0 Å². The van der Waals surface area contributed by atoms with Crippen molar-refractivity contribution in [2.75, 3.05) is 37.5 Å². The summed E-state index contributed by atoms with van der Waals surface area (Å²) in [5.41, 5.74) is 0.939. The summed E-state index contributed by atoms with van der Waals surface area (Å²) in [6.07, 6.45) is 4.41. The van der Waals surface area contributed by atoms with Gasteiger partial charge >= 0.3 is 6.09 Å². The summed E-state index contributed by atoms with van der Waals surface area (Å²) in [6, 6.07) is 11.9. The van der Waals surface area contributed by atoms with Crippen molar-refractivity contribution in [2.45, 2.75) is 4.90 Å². The van der Waals surface area contributed by atoms with E-state index in [1.54, 1.807) is 18.2 Å². The van der Waals surface area contributed by atoms with Crippen LogP contribution in [-0.4, -0.2) is 47.3 Å². The number of benzene rings is 2. The standard InChI is InChI=1S/C20H21N3O6S/c1-3-10-21-30(26,27)18-9-4-6-15(13-18)19(24)22-16-7-5-8-17(14-16)23-20(25)29-12-11-28-2/h1,4-9,13-14,21H,10-12H2,2H3,(H,22,24)(H,23,25). The largest absolute Gasteiger partial charge is 0.447 e. The fourth-order valence-electron chi connectivity index (χ4n) is 2.27. The van der Waals surface area contributed by atoms with Gasteiger partial charge in [0.2, 0.25) is 10.0 Å². The van der Waals surface area contributed by atoms with Crippen LogP contribution >= 0.6 is 0 Å². The molecule has 0 saturated heterocycles. The van der Waals surface area contributed by atoms with Gasteiger partial charge in [-0.1, -0.05) is 18.1 Å². The second-order valence-corrected chi connectivity index (χ2v) is 7.61. The lowest BCUT2D eigenvalue weighted by Crippen LogP contribution is -2.24. The first-order chi connectivity index (χ1) is 14.4. The summed E-state index contributed by atoms with van der Waals surface area (Å²) < 4.78 is 36.3. The number of hydrogen-bond donors (Lipinski definition) is 3. The van der Waals surface area contributed by atoms with Crippen LogP contribution in [0.15, 0.2) is 53.4 Å². The average molecular weight is 431 g/mol. The van der Waals surface area contributed by atoms with Gasteiger partial charge in [0.05, 0.1) is 18.0 Å². The van der Waals surface area contributed by atoms with Crippen LogP contribution in [0.3, 0.4) is 0 Å². The van der Waals surface area contributed by atoms with Gasteiger partial charge in [0.25, 0.3) is 5.91 Å². The first-order valence-corrected chi connectivity index (χ1v) is 10.2. The number of terminal acetylenes is 1. The predicted octanol–water partition coefficient (Wildman–Crippen LogP) is 2.05. The van der Waals surface area contributed by atoms with Gasteiger partial charge in [-0.2, -0.15) is 4.72 Å². The first kappa shape index (κ1) is 22.9. The molecule has 0 unspecified atom stereocenters. The molecule has 3 N–H and O–H groups in total. The third kappa shape index (κ3) is 6.89. The topological polar surface area (TPSA) is 123 Å². The predicted molar refractivity (Wildman–Crippen MR) is 112 cm³/mol. The Morgan fingerprint density at radius 1 is 1.03 bits per heavy atom. The van der Waals surface area contributed by atoms with Gasteiger partial charge in [-0.25, -0.2) is 13.2 Å². The van der Waals surface area contributed by atoms with E-state index in [-0.39, 0.29) is 30.2 Å². The molecule has 2 rings (SSSR count). The van der Waals surface area contributed by atoms with Crippen LogP contribution in [0.4, 0.5) is 16.2 Å². The number of nitrogens with one attached hydrogen (secondary N) is 3. The number of ether oxygens (including phenoxy) is 2. The summed E-state index contributed by atoms with van der Waals surface area (Å²) in [4.78, 5) is 24.1. The molecule has 0 aliphatic heterocycles. The second-order valence-electron chi connectivity index (χ2n) is 5.85. The second kappa shape index (κ2) is 11.0. The molecule has 0 aromatic heterocycles. The van der Waals surface area contributed by atoms with Crippen molar-refractivity contribution >= 4 is 33.4 Å². The first-order valence-electron chi connectivity index (χ1n) is 8.73. The lowest BCUT2D eigenvalue weighted by Gasteiger charge is -2.10.